The SMILES string of the molecule is C=CCN(CC=C)CC(N)(CC=C)c1cccc(OC)c1. The van der Waals surface area contributed by atoms with Gasteiger partial charge in [0.2, 0.25) is 0 Å². The summed E-state index contributed by atoms with van der Waals surface area (Å²) in [6.45, 7) is 13.7. The summed E-state index contributed by atoms with van der Waals surface area (Å²) in [5.74, 6) is 0.811. The highest BCUT2D eigenvalue weighted by atomic mass is 16.5. The van der Waals surface area contributed by atoms with Gasteiger partial charge in [-0.3, -0.25) is 4.90 Å². The molecule has 0 saturated heterocycles. The summed E-state index contributed by atoms with van der Waals surface area (Å²) in [7, 11) is 1.66. The predicted molar refractivity (Wildman–Crippen MR) is 90.5 cm³/mol. The fourth-order valence-corrected chi connectivity index (χ4v) is 2.43. The third-order valence-electron chi connectivity index (χ3n) is 3.43. The van der Waals surface area contributed by atoms with Crippen LogP contribution in [0.1, 0.15) is 12.0 Å². The molecule has 3 nitrogen and oxygen atoms in total. The first-order valence-corrected chi connectivity index (χ1v) is 7.08. The van der Waals surface area contributed by atoms with E-state index in [1.54, 1.807) is 7.11 Å². The number of nitrogens with zero attached hydrogens (tertiary/aromatic N) is 1. The zero-order valence-corrected chi connectivity index (χ0v) is 12.9. The Balaban J connectivity index is 3.06. The Labute approximate surface area is 128 Å². The number of hydrogen-bond donors (Lipinski definition) is 1. The van der Waals surface area contributed by atoms with Gasteiger partial charge in [0.25, 0.3) is 0 Å². The molecule has 1 unspecified atom stereocenters. The number of rotatable bonds is 10. The number of hydrogen-bond acceptors (Lipinski definition) is 3. The Morgan fingerprint density at radius 3 is 2.38 bits per heavy atom. The van der Waals surface area contributed by atoms with Crippen molar-refractivity contribution in [1.29, 1.82) is 0 Å². The van der Waals surface area contributed by atoms with Gasteiger partial charge >= 0.3 is 0 Å². The summed E-state index contributed by atoms with van der Waals surface area (Å²) in [6, 6.07) is 7.91. The summed E-state index contributed by atoms with van der Waals surface area (Å²) in [5, 5.41) is 0. The molecule has 1 aromatic carbocycles. The molecule has 0 bridgehead atoms. The fourth-order valence-electron chi connectivity index (χ4n) is 2.43. The molecular formula is C18H26N2O. The van der Waals surface area contributed by atoms with Crippen molar-refractivity contribution in [1.82, 2.24) is 4.90 Å². The molecule has 0 heterocycles. The Hall–Kier alpha value is -1.84. The highest BCUT2D eigenvalue weighted by Crippen LogP contribution is 2.27. The molecule has 3 heteroatoms. The van der Waals surface area contributed by atoms with E-state index in [1.165, 1.54) is 0 Å². The summed E-state index contributed by atoms with van der Waals surface area (Å²) < 4.78 is 5.30. The van der Waals surface area contributed by atoms with Crippen molar-refractivity contribution in [2.75, 3.05) is 26.7 Å². The minimum Gasteiger partial charge on any atom is -0.497 e. The van der Waals surface area contributed by atoms with Gasteiger partial charge in [0, 0.05) is 19.6 Å². The van der Waals surface area contributed by atoms with E-state index in [0.717, 1.165) is 24.4 Å². The van der Waals surface area contributed by atoms with Crippen molar-refractivity contribution in [2.24, 2.45) is 5.73 Å². The van der Waals surface area contributed by atoms with Crippen LogP contribution in [-0.4, -0.2) is 31.6 Å². The smallest absolute Gasteiger partial charge is 0.119 e. The second-order valence-corrected chi connectivity index (χ2v) is 5.15. The molecule has 0 aliphatic heterocycles. The molecule has 0 radical (unpaired) electrons. The molecule has 0 aliphatic carbocycles. The summed E-state index contributed by atoms with van der Waals surface area (Å²) in [4.78, 5) is 2.21. The van der Waals surface area contributed by atoms with Crippen LogP contribution in [-0.2, 0) is 5.54 Å². The van der Waals surface area contributed by atoms with Gasteiger partial charge < -0.3 is 10.5 Å². The average molecular weight is 286 g/mol. The van der Waals surface area contributed by atoms with Crippen LogP contribution in [0.5, 0.6) is 5.75 Å². The van der Waals surface area contributed by atoms with Gasteiger partial charge in [0.05, 0.1) is 12.6 Å². The molecule has 2 N–H and O–H groups in total. The van der Waals surface area contributed by atoms with Crippen molar-refractivity contribution in [3.63, 3.8) is 0 Å². The molecule has 0 saturated carbocycles. The first-order valence-electron chi connectivity index (χ1n) is 7.08. The van der Waals surface area contributed by atoms with E-state index in [1.807, 2.05) is 42.5 Å². The van der Waals surface area contributed by atoms with Crippen LogP contribution < -0.4 is 10.5 Å². The largest absolute Gasteiger partial charge is 0.497 e. The Kier molecular flexibility index (Phi) is 6.92. The molecule has 0 spiro atoms. The maximum Gasteiger partial charge on any atom is 0.119 e. The monoisotopic (exact) mass is 286 g/mol. The first kappa shape index (κ1) is 17.2. The summed E-state index contributed by atoms with van der Waals surface area (Å²) >= 11 is 0. The maximum atomic E-state index is 6.68. The quantitative estimate of drug-likeness (QED) is 0.672. The molecule has 0 amide bonds. The van der Waals surface area contributed by atoms with Gasteiger partial charge in [-0.2, -0.15) is 0 Å². The molecule has 0 aliphatic rings. The Morgan fingerprint density at radius 2 is 1.86 bits per heavy atom. The van der Waals surface area contributed by atoms with Crippen molar-refractivity contribution >= 4 is 0 Å². The van der Waals surface area contributed by atoms with Crippen molar-refractivity contribution < 1.29 is 4.74 Å². The first-order chi connectivity index (χ1) is 10.1. The highest BCUT2D eigenvalue weighted by Gasteiger charge is 2.28. The average Bonchev–Trinajstić information content (AvgIpc) is 2.48. The van der Waals surface area contributed by atoms with Gasteiger partial charge in [0.1, 0.15) is 5.75 Å². The maximum absolute atomic E-state index is 6.68. The molecule has 114 valence electrons. The number of methoxy groups -OCH3 is 1. The Morgan fingerprint density at radius 1 is 1.19 bits per heavy atom. The van der Waals surface area contributed by atoms with Crippen LogP contribution in [0.4, 0.5) is 0 Å². The molecule has 1 rings (SSSR count). The minimum atomic E-state index is -0.512. The van der Waals surface area contributed by atoms with Crippen molar-refractivity contribution in [2.45, 2.75) is 12.0 Å². The summed E-state index contributed by atoms with van der Waals surface area (Å²) in [6.07, 6.45) is 6.30. The van der Waals surface area contributed by atoms with E-state index in [9.17, 15) is 0 Å². The third kappa shape index (κ3) is 4.88. The molecule has 21 heavy (non-hydrogen) atoms. The number of ether oxygens (including phenoxy) is 1. The second-order valence-electron chi connectivity index (χ2n) is 5.15. The lowest BCUT2D eigenvalue weighted by Crippen LogP contribution is -2.47. The third-order valence-corrected chi connectivity index (χ3v) is 3.43. The minimum absolute atomic E-state index is 0.512. The Bertz CT molecular complexity index is 474. The van der Waals surface area contributed by atoms with Crippen LogP contribution >= 0.6 is 0 Å². The zero-order valence-electron chi connectivity index (χ0n) is 12.9. The zero-order chi connectivity index (χ0) is 15.7. The van der Waals surface area contributed by atoms with Crippen LogP contribution in [0.25, 0.3) is 0 Å². The second kappa shape index (κ2) is 8.45. The standard InChI is InChI=1S/C18H26N2O/c1-5-11-18(19,15-20(12-6-2)13-7-3)16-9-8-10-17(14-16)21-4/h5-10,14H,1-3,11-13,15,19H2,4H3. The van der Waals surface area contributed by atoms with E-state index in [4.69, 9.17) is 10.5 Å². The molecule has 1 atom stereocenters. The van der Waals surface area contributed by atoms with E-state index in [-0.39, 0.29) is 0 Å². The van der Waals surface area contributed by atoms with Gasteiger partial charge in [-0.15, -0.1) is 19.7 Å². The van der Waals surface area contributed by atoms with Crippen LogP contribution in [0.3, 0.4) is 0 Å². The van der Waals surface area contributed by atoms with E-state index in [0.29, 0.717) is 13.0 Å². The molecule has 0 fully saturated rings. The van der Waals surface area contributed by atoms with Crippen LogP contribution in [0.2, 0.25) is 0 Å². The summed E-state index contributed by atoms with van der Waals surface area (Å²) in [5.41, 5.74) is 7.21. The van der Waals surface area contributed by atoms with E-state index in [2.05, 4.69) is 24.6 Å². The van der Waals surface area contributed by atoms with E-state index < -0.39 is 5.54 Å². The lowest BCUT2D eigenvalue weighted by molar-refractivity contribution is 0.245. The van der Waals surface area contributed by atoms with E-state index >= 15 is 0 Å². The molecule has 1 aromatic rings. The van der Waals surface area contributed by atoms with Crippen molar-refractivity contribution in [3.8, 4) is 5.75 Å². The predicted octanol–water partition coefficient (Wildman–Crippen LogP) is 3.10. The van der Waals surface area contributed by atoms with Crippen LogP contribution in [0, 0.1) is 0 Å². The van der Waals surface area contributed by atoms with Gasteiger partial charge in [-0.25, -0.2) is 0 Å². The lowest BCUT2D eigenvalue weighted by atomic mass is 9.86. The fraction of sp³-hybridized carbons (Fsp3) is 0.333. The van der Waals surface area contributed by atoms with Gasteiger partial charge in [-0.1, -0.05) is 30.4 Å². The van der Waals surface area contributed by atoms with Gasteiger partial charge in [-0.05, 0) is 24.1 Å². The number of benzene rings is 1. The van der Waals surface area contributed by atoms with Gasteiger partial charge in [0.15, 0.2) is 0 Å². The lowest BCUT2D eigenvalue weighted by Gasteiger charge is -2.34. The molecule has 0 aromatic heterocycles. The van der Waals surface area contributed by atoms with Crippen molar-refractivity contribution in [3.05, 3.63) is 67.8 Å². The topological polar surface area (TPSA) is 38.5 Å². The van der Waals surface area contributed by atoms with Crippen LogP contribution in [0.15, 0.2) is 62.2 Å². The number of nitrogens with two attached hydrogens (primary N) is 1. The highest BCUT2D eigenvalue weighted by molar-refractivity contribution is 5.34. The molecular weight excluding hydrogens is 260 g/mol. The normalized spacial score (nSPS) is 13.5.